The number of fused-ring (bicyclic) bond motifs is 1. The first-order chi connectivity index (χ1) is 10.6. The molecule has 2 aromatic heterocycles. The van der Waals surface area contributed by atoms with Crippen molar-refractivity contribution >= 4 is 16.9 Å². The summed E-state index contributed by atoms with van der Waals surface area (Å²) in [5, 5.41) is 2.85. The summed E-state index contributed by atoms with van der Waals surface area (Å²) in [6.07, 6.45) is 1.27. The normalized spacial score (nSPS) is 11.3. The van der Waals surface area contributed by atoms with Crippen LogP contribution in [0.4, 0.5) is 0 Å². The highest BCUT2D eigenvalue weighted by molar-refractivity contribution is 5.93. The van der Waals surface area contributed by atoms with Gasteiger partial charge in [-0.1, -0.05) is 12.1 Å². The van der Waals surface area contributed by atoms with Crippen LogP contribution in [0.15, 0.2) is 35.1 Å². The minimum atomic E-state index is -0.256. The van der Waals surface area contributed by atoms with Crippen molar-refractivity contribution in [1.29, 1.82) is 0 Å². The maximum Gasteiger partial charge on any atom is 0.273 e. The second-order valence-corrected chi connectivity index (χ2v) is 5.42. The van der Waals surface area contributed by atoms with Gasteiger partial charge in [0.1, 0.15) is 11.6 Å². The van der Waals surface area contributed by atoms with Gasteiger partial charge in [0.2, 0.25) is 0 Å². The molecule has 1 amide bonds. The van der Waals surface area contributed by atoms with Crippen LogP contribution in [-0.4, -0.2) is 20.4 Å². The van der Waals surface area contributed by atoms with E-state index < -0.39 is 0 Å². The fraction of sp³-hybridized carbons (Fsp3) is 0.312. The molecular weight excluding hydrogens is 280 g/mol. The molecule has 0 radical (unpaired) electrons. The molecule has 0 atom stereocenters. The molecule has 0 spiro atoms. The number of oxazole rings is 1. The molecule has 114 valence electrons. The smallest absolute Gasteiger partial charge is 0.273 e. The molecule has 0 aliphatic rings. The number of amides is 1. The zero-order chi connectivity index (χ0) is 15.7. The molecule has 0 aliphatic heterocycles. The Morgan fingerprint density at radius 3 is 2.82 bits per heavy atom. The van der Waals surface area contributed by atoms with Crippen molar-refractivity contribution in [3.05, 3.63) is 47.9 Å². The van der Waals surface area contributed by atoms with E-state index in [9.17, 15) is 4.79 Å². The van der Waals surface area contributed by atoms with E-state index in [1.165, 1.54) is 6.39 Å². The average Bonchev–Trinajstić information content (AvgIpc) is 3.07. The van der Waals surface area contributed by atoms with Crippen molar-refractivity contribution < 1.29 is 9.21 Å². The average molecular weight is 298 g/mol. The third kappa shape index (κ3) is 2.47. The van der Waals surface area contributed by atoms with Gasteiger partial charge in [-0.25, -0.2) is 9.97 Å². The van der Waals surface area contributed by atoms with Gasteiger partial charge in [0.05, 0.1) is 17.6 Å². The summed E-state index contributed by atoms with van der Waals surface area (Å²) in [4.78, 5) is 20.7. The van der Waals surface area contributed by atoms with E-state index in [0.29, 0.717) is 18.0 Å². The first-order valence-electron chi connectivity index (χ1n) is 7.22. The number of nitrogens with zero attached hydrogens (tertiary/aromatic N) is 3. The van der Waals surface area contributed by atoms with Gasteiger partial charge in [0, 0.05) is 6.04 Å². The number of nitrogens with one attached hydrogen (secondary N) is 1. The molecule has 1 aromatic carbocycles. The van der Waals surface area contributed by atoms with E-state index in [1.807, 2.05) is 24.3 Å². The van der Waals surface area contributed by atoms with Gasteiger partial charge in [-0.15, -0.1) is 0 Å². The molecule has 0 unspecified atom stereocenters. The van der Waals surface area contributed by atoms with E-state index in [4.69, 9.17) is 4.42 Å². The van der Waals surface area contributed by atoms with E-state index in [1.54, 1.807) is 6.92 Å². The summed E-state index contributed by atoms with van der Waals surface area (Å²) in [5.74, 6) is 1.08. The zero-order valence-corrected chi connectivity index (χ0v) is 12.8. The number of carbonyl (C=O) groups excluding carboxylic acids is 1. The van der Waals surface area contributed by atoms with Crippen LogP contribution < -0.4 is 5.32 Å². The summed E-state index contributed by atoms with van der Waals surface area (Å²) < 4.78 is 7.19. The Bertz CT molecular complexity index is 817. The van der Waals surface area contributed by atoms with Crippen LogP contribution in [0.25, 0.3) is 11.0 Å². The molecule has 1 N–H and O–H groups in total. The summed E-state index contributed by atoms with van der Waals surface area (Å²) in [6, 6.07) is 8.22. The fourth-order valence-electron chi connectivity index (χ4n) is 2.56. The lowest BCUT2D eigenvalue weighted by atomic mass is 10.3. The number of aryl methyl sites for hydroxylation is 1. The predicted molar refractivity (Wildman–Crippen MR) is 82.5 cm³/mol. The van der Waals surface area contributed by atoms with E-state index in [2.05, 4.69) is 33.7 Å². The van der Waals surface area contributed by atoms with Crippen molar-refractivity contribution in [2.75, 3.05) is 0 Å². The summed E-state index contributed by atoms with van der Waals surface area (Å²) in [6.45, 7) is 6.26. The summed E-state index contributed by atoms with van der Waals surface area (Å²) in [7, 11) is 0. The van der Waals surface area contributed by atoms with Gasteiger partial charge in [0.15, 0.2) is 12.1 Å². The molecule has 0 aliphatic carbocycles. The Morgan fingerprint density at radius 1 is 1.36 bits per heavy atom. The van der Waals surface area contributed by atoms with E-state index >= 15 is 0 Å². The third-order valence-electron chi connectivity index (χ3n) is 3.55. The zero-order valence-electron chi connectivity index (χ0n) is 12.8. The predicted octanol–water partition coefficient (Wildman–Crippen LogP) is 2.84. The van der Waals surface area contributed by atoms with Crippen molar-refractivity contribution in [2.45, 2.75) is 33.4 Å². The molecule has 3 aromatic rings. The lowest BCUT2D eigenvalue weighted by molar-refractivity contribution is 0.0943. The van der Waals surface area contributed by atoms with Gasteiger partial charge < -0.3 is 14.3 Å². The second-order valence-electron chi connectivity index (χ2n) is 5.42. The number of carbonyl (C=O) groups is 1. The Hall–Kier alpha value is -2.63. The molecule has 0 saturated heterocycles. The topological polar surface area (TPSA) is 73.0 Å². The van der Waals surface area contributed by atoms with E-state index in [0.717, 1.165) is 16.9 Å². The van der Waals surface area contributed by atoms with Crippen LogP contribution in [0.5, 0.6) is 0 Å². The number of hydrogen-bond donors (Lipinski definition) is 1. The number of benzene rings is 1. The van der Waals surface area contributed by atoms with E-state index in [-0.39, 0.29) is 11.9 Å². The van der Waals surface area contributed by atoms with Crippen LogP contribution in [0, 0.1) is 6.92 Å². The van der Waals surface area contributed by atoms with Crippen molar-refractivity contribution in [3.63, 3.8) is 0 Å². The quantitative estimate of drug-likeness (QED) is 0.804. The molecular formula is C16H18N4O2. The fourth-order valence-corrected chi connectivity index (χ4v) is 2.56. The number of rotatable bonds is 4. The molecule has 2 heterocycles. The van der Waals surface area contributed by atoms with Crippen molar-refractivity contribution in [3.8, 4) is 0 Å². The highest BCUT2D eigenvalue weighted by Gasteiger charge is 2.16. The van der Waals surface area contributed by atoms with Crippen molar-refractivity contribution in [1.82, 2.24) is 19.9 Å². The van der Waals surface area contributed by atoms with Gasteiger partial charge in [-0.2, -0.15) is 0 Å². The van der Waals surface area contributed by atoms with Gasteiger partial charge >= 0.3 is 0 Å². The highest BCUT2D eigenvalue weighted by Crippen LogP contribution is 2.20. The lowest BCUT2D eigenvalue weighted by Crippen LogP contribution is -2.26. The Labute approximate surface area is 128 Å². The standard InChI is InChI=1S/C16H18N4O2/c1-10(2)20-13-7-5-4-6-12(13)19-14(20)8-17-16(21)15-11(3)22-9-18-15/h4-7,9-10H,8H2,1-3H3,(H,17,21). The summed E-state index contributed by atoms with van der Waals surface area (Å²) >= 11 is 0. The Balaban J connectivity index is 1.86. The van der Waals surface area contributed by atoms with Crippen LogP contribution in [0.3, 0.4) is 0 Å². The molecule has 22 heavy (non-hydrogen) atoms. The SMILES string of the molecule is Cc1ocnc1C(=O)NCc1nc2ccccc2n1C(C)C. The van der Waals surface area contributed by atoms with Gasteiger partial charge in [-0.05, 0) is 32.9 Å². The Kier molecular flexibility index (Phi) is 3.66. The van der Waals surface area contributed by atoms with Crippen LogP contribution in [0.2, 0.25) is 0 Å². The van der Waals surface area contributed by atoms with Crippen LogP contribution in [-0.2, 0) is 6.54 Å². The van der Waals surface area contributed by atoms with Crippen LogP contribution >= 0.6 is 0 Å². The number of aromatic nitrogens is 3. The maximum absolute atomic E-state index is 12.1. The number of hydrogen-bond acceptors (Lipinski definition) is 4. The van der Waals surface area contributed by atoms with Crippen LogP contribution in [0.1, 0.15) is 42.0 Å². The molecule has 6 heteroatoms. The monoisotopic (exact) mass is 298 g/mol. The largest absolute Gasteiger partial charge is 0.448 e. The maximum atomic E-state index is 12.1. The number of imidazole rings is 1. The molecule has 0 fully saturated rings. The first-order valence-corrected chi connectivity index (χ1v) is 7.22. The molecule has 3 rings (SSSR count). The Morgan fingerprint density at radius 2 is 2.14 bits per heavy atom. The first kappa shape index (κ1) is 14.3. The molecule has 6 nitrogen and oxygen atoms in total. The minimum Gasteiger partial charge on any atom is -0.448 e. The van der Waals surface area contributed by atoms with Gasteiger partial charge in [-0.3, -0.25) is 4.79 Å². The third-order valence-corrected chi connectivity index (χ3v) is 3.55. The molecule has 0 saturated carbocycles. The number of para-hydroxylation sites is 2. The second kappa shape index (κ2) is 5.63. The summed E-state index contributed by atoms with van der Waals surface area (Å²) in [5.41, 5.74) is 2.31. The van der Waals surface area contributed by atoms with Crippen molar-refractivity contribution in [2.24, 2.45) is 0 Å². The lowest BCUT2D eigenvalue weighted by Gasteiger charge is -2.13. The molecule has 0 bridgehead atoms. The highest BCUT2D eigenvalue weighted by atomic mass is 16.3. The van der Waals surface area contributed by atoms with Gasteiger partial charge in [0.25, 0.3) is 5.91 Å². The minimum absolute atomic E-state index is 0.256.